The topological polar surface area (TPSA) is 94.5 Å². The summed E-state index contributed by atoms with van der Waals surface area (Å²) in [5.41, 5.74) is 3.46. The molecule has 1 aromatic heterocycles. The maximum absolute atomic E-state index is 13.1. The molecule has 2 heterocycles. The number of methoxy groups -OCH3 is 2. The molecular formula is C25H24N4O4. The molecule has 0 unspecified atom stereocenters. The first kappa shape index (κ1) is 20.8. The summed E-state index contributed by atoms with van der Waals surface area (Å²) < 4.78 is 12.6. The van der Waals surface area contributed by atoms with Gasteiger partial charge in [0.2, 0.25) is 0 Å². The zero-order valence-corrected chi connectivity index (χ0v) is 18.4. The lowest BCUT2D eigenvalue weighted by Crippen LogP contribution is -2.32. The van der Waals surface area contributed by atoms with Gasteiger partial charge in [-0.1, -0.05) is 24.3 Å². The third-order valence-electron chi connectivity index (χ3n) is 6.04. The normalized spacial score (nSPS) is 17.0. The van der Waals surface area contributed by atoms with Gasteiger partial charge >= 0.3 is 0 Å². The van der Waals surface area contributed by atoms with E-state index in [1.807, 2.05) is 48.5 Å². The maximum Gasteiger partial charge on any atom is 0.261 e. The molecule has 5 rings (SSSR count). The molecule has 1 amide bonds. The van der Waals surface area contributed by atoms with Gasteiger partial charge in [0.15, 0.2) is 17.3 Å². The van der Waals surface area contributed by atoms with Crippen molar-refractivity contribution in [3.8, 4) is 11.5 Å². The van der Waals surface area contributed by atoms with E-state index >= 15 is 0 Å². The first-order chi connectivity index (χ1) is 16.1. The molecule has 2 N–H and O–H groups in total. The summed E-state index contributed by atoms with van der Waals surface area (Å²) in [6.07, 6.45) is 3.53. The minimum absolute atomic E-state index is 0.0833. The van der Waals surface area contributed by atoms with Crippen LogP contribution in [0, 0.1) is 0 Å². The Hall–Kier alpha value is -4.07. The van der Waals surface area contributed by atoms with Gasteiger partial charge in [0.05, 0.1) is 20.4 Å². The lowest BCUT2D eigenvalue weighted by Gasteiger charge is -2.33. The second-order valence-corrected chi connectivity index (χ2v) is 7.98. The van der Waals surface area contributed by atoms with Gasteiger partial charge in [-0.25, -0.2) is 4.68 Å². The number of nitrogens with zero attached hydrogens (tertiary/aromatic N) is 2. The number of ether oxygens (including phenoxy) is 2. The number of Topliss-reactive ketones (excluding diaryl/α,β-unsaturated/α-hetero) is 1. The van der Waals surface area contributed by atoms with Crippen molar-refractivity contribution in [2.75, 3.05) is 24.9 Å². The van der Waals surface area contributed by atoms with E-state index < -0.39 is 6.04 Å². The third-order valence-corrected chi connectivity index (χ3v) is 6.04. The number of carbonyl (C=O) groups is 2. The van der Waals surface area contributed by atoms with Gasteiger partial charge in [0.25, 0.3) is 5.91 Å². The largest absolute Gasteiger partial charge is 0.493 e. The first-order valence-corrected chi connectivity index (χ1v) is 10.8. The highest BCUT2D eigenvalue weighted by Crippen LogP contribution is 2.43. The second-order valence-electron chi connectivity index (χ2n) is 7.98. The second kappa shape index (κ2) is 8.46. The lowest BCUT2D eigenvalue weighted by atomic mass is 9.85. The quantitative estimate of drug-likeness (QED) is 0.613. The standard InChI is InChI=1S/C25H24N4O4/c1-32-20-12-11-15(13-21(20)33-2)23-22-18(9-6-10-19(22)30)28-24-17(14-26-29(23)24)25(31)27-16-7-4-3-5-8-16/h3-5,7-8,11-14,23,28H,6,9-10H2,1-2H3,(H,27,31)/t23-/m0/s1. The number of carbonyl (C=O) groups excluding carboxylic acids is 2. The van der Waals surface area contributed by atoms with Crippen molar-refractivity contribution in [3.63, 3.8) is 0 Å². The van der Waals surface area contributed by atoms with Gasteiger partial charge in [-0.05, 0) is 42.7 Å². The minimum Gasteiger partial charge on any atom is -0.493 e. The van der Waals surface area contributed by atoms with E-state index in [0.29, 0.717) is 40.6 Å². The Balaban J connectivity index is 1.60. The summed E-state index contributed by atoms with van der Waals surface area (Å²) >= 11 is 0. The van der Waals surface area contributed by atoms with Gasteiger partial charge in [0, 0.05) is 23.4 Å². The van der Waals surface area contributed by atoms with Gasteiger partial charge in [-0.3, -0.25) is 9.59 Å². The van der Waals surface area contributed by atoms with Crippen LogP contribution in [-0.2, 0) is 4.79 Å². The van der Waals surface area contributed by atoms with Crippen LogP contribution in [-0.4, -0.2) is 35.7 Å². The summed E-state index contributed by atoms with van der Waals surface area (Å²) in [6.45, 7) is 0. The van der Waals surface area contributed by atoms with Crippen LogP contribution in [0.25, 0.3) is 0 Å². The lowest BCUT2D eigenvalue weighted by molar-refractivity contribution is -0.116. The van der Waals surface area contributed by atoms with E-state index in [-0.39, 0.29) is 11.7 Å². The molecule has 0 saturated carbocycles. The van der Waals surface area contributed by atoms with E-state index in [2.05, 4.69) is 15.7 Å². The molecule has 0 saturated heterocycles. The molecule has 3 aromatic rings. The van der Waals surface area contributed by atoms with Crippen molar-refractivity contribution in [2.24, 2.45) is 0 Å². The highest BCUT2D eigenvalue weighted by atomic mass is 16.5. The van der Waals surface area contributed by atoms with Crippen molar-refractivity contribution in [1.29, 1.82) is 0 Å². The molecular weight excluding hydrogens is 420 g/mol. The van der Waals surface area contributed by atoms with E-state index in [9.17, 15) is 9.59 Å². The number of aromatic nitrogens is 2. The van der Waals surface area contributed by atoms with Gasteiger partial charge in [0.1, 0.15) is 17.4 Å². The SMILES string of the molecule is COc1ccc([C@H]2C3=C(CCCC3=O)Nc3c(C(=O)Nc4ccccc4)cnn32)cc1OC. The summed E-state index contributed by atoms with van der Waals surface area (Å²) in [5.74, 6) is 1.54. The number of nitrogens with one attached hydrogen (secondary N) is 2. The molecule has 2 aromatic carbocycles. The van der Waals surface area contributed by atoms with E-state index in [1.54, 1.807) is 18.9 Å². The molecule has 0 bridgehead atoms. The van der Waals surface area contributed by atoms with Gasteiger partial charge in [-0.15, -0.1) is 0 Å². The van der Waals surface area contributed by atoms with Crippen LogP contribution >= 0.6 is 0 Å². The first-order valence-electron chi connectivity index (χ1n) is 10.8. The Kier molecular flexibility index (Phi) is 5.34. The zero-order chi connectivity index (χ0) is 22.9. The van der Waals surface area contributed by atoms with Crippen LogP contribution in [0.3, 0.4) is 0 Å². The summed E-state index contributed by atoms with van der Waals surface area (Å²) in [7, 11) is 3.16. The Morgan fingerprint density at radius 2 is 1.88 bits per heavy atom. The molecule has 0 spiro atoms. The van der Waals surface area contributed by atoms with Crippen molar-refractivity contribution in [2.45, 2.75) is 25.3 Å². The molecule has 168 valence electrons. The number of ketones is 1. The van der Waals surface area contributed by atoms with E-state index in [4.69, 9.17) is 9.47 Å². The van der Waals surface area contributed by atoms with E-state index in [0.717, 1.165) is 24.1 Å². The van der Waals surface area contributed by atoms with Gasteiger partial charge < -0.3 is 20.1 Å². The van der Waals surface area contributed by atoms with Crippen LogP contribution in [0.4, 0.5) is 11.5 Å². The number of fused-ring (bicyclic) bond motifs is 1. The molecule has 2 aliphatic rings. The zero-order valence-electron chi connectivity index (χ0n) is 18.4. The number of amides is 1. The van der Waals surface area contributed by atoms with Crippen molar-refractivity contribution in [3.05, 3.63) is 77.1 Å². The molecule has 33 heavy (non-hydrogen) atoms. The monoisotopic (exact) mass is 444 g/mol. The van der Waals surface area contributed by atoms with Crippen LogP contribution in [0.15, 0.2) is 66.0 Å². The Morgan fingerprint density at radius 3 is 2.64 bits per heavy atom. The number of allylic oxidation sites excluding steroid dienone is 2. The molecule has 0 radical (unpaired) electrons. The third kappa shape index (κ3) is 3.63. The molecule has 8 heteroatoms. The molecule has 8 nitrogen and oxygen atoms in total. The predicted octanol–water partition coefficient (Wildman–Crippen LogP) is 4.17. The van der Waals surface area contributed by atoms with Crippen molar-refractivity contribution < 1.29 is 19.1 Å². The van der Waals surface area contributed by atoms with Crippen molar-refractivity contribution in [1.82, 2.24) is 9.78 Å². The van der Waals surface area contributed by atoms with Crippen molar-refractivity contribution >= 4 is 23.2 Å². The fraction of sp³-hybridized carbons (Fsp3) is 0.240. The van der Waals surface area contributed by atoms with Gasteiger partial charge in [-0.2, -0.15) is 5.10 Å². The number of hydrogen-bond donors (Lipinski definition) is 2. The van der Waals surface area contributed by atoms with E-state index in [1.165, 1.54) is 6.20 Å². The summed E-state index contributed by atoms with van der Waals surface area (Å²) in [6, 6.07) is 14.4. The average Bonchev–Trinajstić information content (AvgIpc) is 3.27. The number of hydrogen-bond acceptors (Lipinski definition) is 6. The fourth-order valence-corrected chi connectivity index (χ4v) is 4.48. The van der Waals surface area contributed by atoms with Crippen LogP contribution in [0.1, 0.15) is 41.2 Å². The smallest absolute Gasteiger partial charge is 0.261 e. The average molecular weight is 444 g/mol. The Morgan fingerprint density at radius 1 is 1.09 bits per heavy atom. The highest BCUT2D eigenvalue weighted by Gasteiger charge is 2.37. The molecule has 1 aliphatic carbocycles. The van der Waals surface area contributed by atoms with Crippen LogP contribution in [0.5, 0.6) is 11.5 Å². The molecule has 0 fully saturated rings. The molecule has 1 atom stereocenters. The minimum atomic E-state index is -0.470. The molecule has 1 aliphatic heterocycles. The number of para-hydroxylation sites is 1. The summed E-state index contributed by atoms with van der Waals surface area (Å²) in [5, 5.41) is 10.8. The number of benzene rings is 2. The predicted molar refractivity (Wildman–Crippen MR) is 124 cm³/mol. The van der Waals surface area contributed by atoms with Crippen LogP contribution in [0.2, 0.25) is 0 Å². The fourth-order valence-electron chi connectivity index (χ4n) is 4.48. The Labute approximate surface area is 191 Å². The maximum atomic E-state index is 13.1. The summed E-state index contributed by atoms with van der Waals surface area (Å²) in [4.78, 5) is 26.1. The van der Waals surface area contributed by atoms with Crippen LogP contribution < -0.4 is 20.1 Å². The number of rotatable bonds is 5. The highest BCUT2D eigenvalue weighted by molar-refractivity contribution is 6.08. The Bertz CT molecular complexity index is 1260. The number of anilines is 2.